The molecule has 3 aromatic rings. The maximum Gasteiger partial charge on any atom is 0.253 e. The number of carbonyl (C=O) groups excluding carboxylic acids is 1. The summed E-state index contributed by atoms with van der Waals surface area (Å²) in [4.78, 5) is 16.8. The van der Waals surface area contributed by atoms with Gasteiger partial charge in [-0.1, -0.05) is 23.4 Å². The number of amides is 1. The van der Waals surface area contributed by atoms with Crippen molar-refractivity contribution in [1.82, 2.24) is 24.8 Å². The van der Waals surface area contributed by atoms with E-state index >= 15 is 0 Å². The summed E-state index contributed by atoms with van der Waals surface area (Å²) in [6, 6.07) is 13.1. The number of nitrogens with zero attached hydrogens (tertiary/aromatic N) is 5. The van der Waals surface area contributed by atoms with Crippen LogP contribution in [0.15, 0.2) is 48.7 Å². The Morgan fingerprint density at radius 1 is 1.03 bits per heavy atom. The van der Waals surface area contributed by atoms with Crippen molar-refractivity contribution in [3.63, 3.8) is 0 Å². The quantitative estimate of drug-likeness (QED) is 0.562. The molecule has 9 nitrogen and oxygen atoms in total. The van der Waals surface area contributed by atoms with Gasteiger partial charge >= 0.3 is 0 Å². The number of aromatic nitrogens is 3. The minimum Gasteiger partial charge on any atom is -0.493 e. The molecule has 0 aliphatic carbocycles. The maximum atomic E-state index is 12.9. The second-order valence-electron chi connectivity index (χ2n) is 8.05. The highest BCUT2D eigenvalue weighted by molar-refractivity contribution is 5.94. The fourth-order valence-corrected chi connectivity index (χ4v) is 3.66. The Balaban J connectivity index is 1.60. The Morgan fingerprint density at radius 3 is 2.73 bits per heavy atom. The smallest absolute Gasteiger partial charge is 0.253 e. The van der Waals surface area contributed by atoms with Gasteiger partial charge in [0.25, 0.3) is 5.91 Å². The Labute approximate surface area is 193 Å². The molecule has 1 aliphatic rings. The number of likely N-dealkylation sites (N-methyl/N-ethyl adjacent to an activating group) is 2. The van der Waals surface area contributed by atoms with Gasteiger partial charge in [-0.15, -0.1) is 5.10 Å². The molecule has 0 saturated heterocycles. The van der Waals surface area contributed by atoms with Crippen LogP contribution in [-0.4, -0.2) is 71.6 Å². The van der Waals surface area contributed by atoms with Gasteiger partial charge in [0.15, 0.2) is 11.5 Å². The van der Waals surface area contributed by atoms with E-state index in [1.165, 1.54) is 0 Å². The first-order valence-corrected chi connectivity index (χ1v) is 10.9. The second kappa shape index (κ2) is 10.4. The van der Waals surface area contributed by atoms with E-state index in [4.69, 9.17) is 14.2 Å². The minimum atomic E-state index is -0.0434. The van der Waals surface area contributed by atoms with Crippen molar-refractivity contribution in [3.8, 4) is 17.2 Å². The van der Waals surface area contributed by atoms with Crippen molar-refractivity contribution in [3.05, 3.63) is 65.5 Å². The van der Waals surface area contributed by atoms with E-state index in [2.05, 4.69) is 15.2 Å². The van der Waals surface area contributed by atoms with Gasteiger partial charge in [0.2, 0.25) is 0 Å². The number of methoxy groups -OCH3 is 1. The van der Waals surface area contributed by atoms with Crippen LogP contribution in [0.4, 0.5) is 0 Å². The molecule has 0 radical (unpaired) electrons. The third-order valence-corrected chi connectivity index (χ3v) is 5.51. The van der Waals surface area contributed by atoms with Gasteiger partial charge in [-0.3, -0.25) is 4.79 Å². The molecule has 2 aromatic carbocycles. The van der Waals surface area contributed by atoms with Crippen molar-refractivity contribution in [2.24, 2.45) is 0 Å². The lowest BCUT2D eigenvalue weighted by Gasteiger charge is -2.23. The van der Waals surface area contributed by atoms with Crippen LogP contribution in [0.1, 0.15) is 21.6 Å². The molecule has 4 bridgehead atoms. The van der Waals surface area contributed by atoms with Crippen molar-refractivity contribution in [2.45, 2.75) is 19.7 Å². The molecule has 0 spiro atoms. The number of hydrogen-bond acceptors (Lipinski definition) is 7. The minimum absolute atomic E-state index is 0.0434. The fourth-order valence-electron chi connectivity index (χ4n) is 3.66. The van der Waals surface area contributed by atoms with E-state index in [0.717, 1.165) is 5.56 Å². The van der Waals surface area contributed by atoms with Crippen LogP contribution in [0.3, 0.4) is 0 Å². The second-order valence-corrected chi connectivity index (χ2v) is 8.05. The van der Waals surface area contributed by atoms with Gasteiger partial charge in [-0.25, -0.2) is 4.68 Å². The molecule has 174 valence electrons. The van der Waals surface area contributed by atoms with Gasteiger partial charge in [0.05, 0.1) is 19.9 Å². The van der Waals surface area contributed by atoms with Crippen molar-refractivity contribution in [1.29, 1.82) is 0 Å². The van der Waals surface area contributed by atoms with Crippen molar-refractivity contribution >= 4 is 5.91 Å². The van der Waals surface area contributed by atoms with Crippen LogP contribution in [0, 0.1) is 0 Å². The molecular weight excluding hydrogens is 422 g/mol. The lowest BCUT2D eigenvalue weighted by molar-refractivity contribution is 0.0781. The summed E-state index contributed by atoms with van der Waals surface area (Å²) in [6.07, 6.45) is 1.84. The number of rotatable bonds is 1. The zero-order valence-electron chi connectivity index (χ0n) is 19.2. The summed E-state index contributed by atoms with van der Waals surface area (Å²) in [7, 11) is 5.46. The van der Waals surface area contributed by atoms with E-state index in [1.807, 2.05) is 56.7 Å². The van der Waals surface area contributed by atoms with E-state index in [9.17, 15) is 4.79 Å². The lowest BCUT2D eigenvalue weighted by Crippen LogP contribution is -2.34. The molecule has 1 aliphatic heterocycles. The van der Waals surface area contributed by atoms with Crippen LogP contribution in [0.5, 0.6) is 17.2 Å². The normalized spacial score (nSPS) is 16.0. The number of para-hydroxylation sites is 1. The van der Waals surface area contributed by atoms with Crippen LogP contribution >= 0.6 is 0 Å². The van der Waals surface area contributed by atoms with Crippen LogP contribution < -0.4 is 14.2 Å². The predicted octanol–water partition coefficient (Wildman–Crippen LogP) is 2.46. The number of fused-ring (bicyclic) bond motifs is 5. The number of carbonyl (C=O) groups is 1. The summed E-state index contributed by atoms with van der Waals surface area (Å²) in [6.45, 7) is 3.13. The SMILES string of the molecule is COc1cccc2c1OCc1cn(nn1)CCOc1cccc(c1)C(=O)N(C)CCN(C)C2. The number of ether oxygens (including phenoxy) is 3. The molecule has 9 heteroatoms. The van der Waals surface area contributed by atoms with Crippen LogP contribution in [0.25, 0.3) is 0 Å². The first-order chi connectivity index (χ1) is 16.0. The molecule has 33 heavy (non-hydrogen) atoms. The molecule has 0 fully saturated rings. The van der Waals surface area contributed by atoms with Gasteiger partial charge in [0, 0.05) is 37.8 Å². The van der Waals surface area contributed by atoms with E-state index in [-0.39, 0.29) is 12.5 Å². The monoisotopic (exact) mass is 451 g/mol. The molecule has 2 heterocycles. The molecule has 0 unspecified atom stereocenters. The Morgan fingerprint density at radius 2 is 1.88 bits per heavy atom. The zero-order chi connectivity index (χ0) is 23.2. The standard InChI is InChI=1S/C24H29N5O4/c1-27-10-11-28(2)24(30)18-6-4-8-21(14-18)32-13-12-29-16-20(25-26-29)17-33-23-19(15-27)7-5-9-22(23)31-3/h4-9,14,16H,10-13,15,17H2,1-3H3. The van der Waals surface area contributed by atoms with E-state index in [0.29, 0.717) is 61.3 Å². The van der Waals surface area contributed by atoms with Gasteiger partial charge in [-0.05, 0) is 31.3 Å². The summed E-state index contributed by atoms with van der Waals surface area (Å²) in [5.41, 5.74) is 2.31. The molecular formula is C24H29N5O4. The molecule has 0 saturated carbocycles. The summed E-state index contributed by atoms with van der Waals surface area (Å²) < 4.78 is 19.2. The molecule has 1 amide bonds. The highest BCUT2D eigenvalue weighted by Crippen LogP contribution is 2.32. The third kappa shape index (κ3) is 5.61. The molecule has 1 aromatic heterocycles. The van der Waals surface area contributed by atoms with Gasteiger partial charge < -0.3 is 24.0 Å². The first kappa shape index (κ1) is 22.6. The molecule has 0 atom stereocenters. The molecule has 4 rings (SSSR count). The Bertz CT molecular complexity index is 1100. The highest BCUT2D eigenvalue weighted by atomic mass is 16.5. The zero-order valence-corrected chi connectivity index (χ0v) is 19.2. The van der Waals surface area contributed by atoms with Crippen molar-refractivity contribution in [2.75, 3.05) is 40.9 Å². The average molecular weight is 452 g/mol. The fraction of sp³-hybridized carbons (Fsp3) is 0.375. The van der Waals surface area contributed by atoms with Crippen molar-refractivity contribution < 1.29 is 19.0 Å². The van der Waals surface area contributed by atoms with Crippen LogP contribution in [0.2, 0.25) is 0 Å². The summed E-state index contributed by atoms with van der Waals surface area (Å²) in [5.74, 6) is 1.95. The van der Waals surface area contributed by atoms with E-state index in [1.54, 1.807) is 22.8 Å². The number of hydrogen-bond donors (Lipinski definition) is 0. The molecule has 0 N–H and O–H groups in total. The highest BCUT2D eigenvalue weighted by Gasteiger charge is 2.16. The summed E-state index contributed by atoms with van der Waals surface area (Å²) in [5, 5.41) is 8.36. The Hall–Kier alpha value is -3.59. The largest absolute Gasteiger partial charge is 0.493 e. The number of benzene rings is 2. The van der Waals surface area contributed by atoms with Gasteiger partial charge in [-0.2, -0.15) is 0 Å². The average Bonchev–Trinajstić information content (AvgIpc) is 3.28. The van der Waals surface area contributed by atoms with Crippen LogP contribution in [-0.2, 0) is 19.7 Å². The predicted molar refractivity (Wildman–Crippen MR) is 123 cm³/mol. The lowest BCUT2D eigenvalue weighted by atomic mass is 10.1. The van der Waals surface area contributed by atoms with Gasteiger partial charge in [0.1, 0.15) is 24.7 Å². The topological polar surface area (TPSA) is 81.9 Å². The van der Waals surface area contributed by atoms with E-state index < -0.39 is 0 Å². The Kier molecular flexibility index (Phi) is 7.09. The maximum absolute atomic E-state index is 12.9. The first-order valence-electron chi connectivity index (χ1n) is 10.9. The summed E-state index contributed by atoms with van der Waals surface area (Å²) >= 11 is 0. The third-order valence-electron chi connectivity index (χ3n) is 5.51.